The Hall–Kier alpha value is 0.560. The van der Waals surface area contributed by atoms with Gasteiger partial charge in [0.2, 0.25) is 0 Å². The molecule has 0 spiro atoms. The molecule has 0 unspecified atom stereocenters. The van der Waals surface area contributed by atoms with E-state index in [0.29, 0.717) is 5.06 Å². The minimum absolute atomic E-state index is 0. The van der Waals surface area contributed by atoms with Crippen LogP contribution in [-0.2, 0) is 0 Å². The van der Waals surface area contributed by atoms with E-state index in [2.05, 4.69) is 0 Å². The molecule has 0 saturated carbocycles. The zero-order valence-electron chi connectivity index (χ0n) is 4.55. The molecule has 1 rings (SSSR count). The van der Waals surface area contributed by atoms with Crippen molar-refractivity contribution < 1.29 is 5.06 Å². The number of hydrogen-bond acceptors (Lipinski definition) is 2. The van der Waals surface area contributed by atoms with Crippen molar-refractivity contribution in [1.29, 1.82) is 0 Å². The monoisotopic (exact) mass is 155 g/mol. The number of quaternary nitrogens is 1. The zero-order valence-corrected chi connectivity index (χ0v) is 6.19. The highest BCUT2D eigenvalue weighted by atomic mass is 35.5. The van der Waals surface area contributed by atoms with Crippen LogP contribution < -0.4 is 5.06 Å². The molecule has 0 radical (unpaired) electrons. The standard InChI is InChI=1S/C4H9NOS.ClH/c6-5-1-3-7-4-2-5;/h5H,1-4H2;1H. The molecular weight excluding hydrogens is 146 g/mol. The maximum absolute atomic E-state index is 10.4. The van der Waals surface area contributed by atoms with E-state index in [1.807, 2.05) is 11.8 Å². The van der Waals surface area contributed by atoms with Crippen LogP contribution in [0.2, 0.25) is 0 Å². The second-order valence-electron chi connectivity index (χ2n) is 1.65. The summed E-state index contributed by atoms with van der Waals surface area (Å²) in [6, 6.07) is 0. The van der Waals surface area contributed by atoms with Crippen molar-refractivity contribution in [3.8, 4) is 0 Å². The van der Waals surface area contributed by atoms with Crippen LogP contribution in [0.15, 0.2) is 0 Å². The molecule has 4 heteroatoms. The van der Waals surface area contributed by atoms with Crippen molar-refractivity contribution in [2.45, 2.75) is 0 Å². The average Bonchev–Trinajstić information content (AvgIpc) is 1.69. The Morgan fingerprint density at radius 3 is 2.00 bits per heavy atom. The van der Waals surface area contributed by atoms with E-state index in [1.54, 1.807) is 0 Å². The molecule has 1 aliphatic heterocycles. The maximum atomic E-state index is 10.4. The summed E-state index contributed by atoms with van der Waals surface area (Å²) in [5.41, 5.74) is 0. The zero-order chi connectivity index (χ0) is 5.11. The summed E-state index contributed by atoms with van der Waals surface area (Å²) in [4.78, 5) is 0. The lowest BCUT2D eigenvalue weighted by atomic mass is 10.6. The first kappa shape index (κ1) is 8.56. The predicted octanol–water partition coefficient (Wildman–Crippen LogP) is -0.462. The van der Waals surface area contributed by atoms with Crippen LogP contribution in [0, 0.1) is 5.21 Å². The van der Waals surface area contributed by atoms with Crippen LogP contribution >= 0.6 is 24.2 Å². The quantitative estimate of drug-likeness (QED) is 0.480. The highest BCUT2D eigenvalue weighted by Gasteiger charge is 2.03. The minimum Gasteiger partial charge on any atom is -0.634 e. The second-order valence-corrected chi connectivity index (χ2v) is 2.88. The van der Waals surface area contributed by atoms with E-state index in [0.717, 1.165) is 24.6 Å². The third-order valence-corrected chi connectivity index (χ3v) is 2.04. The summed E-state index contributed by atoms with van der Waals surface area (Å²) in [7, 11) is 0. The number of hydrogen-bond donors (Lipinski definition) is 1. The third-order valence-electron chi connectivity index (χ3n) is 1.05. The molecular formula is C4H10ClNOS. The normalized spacial score (nSPS) is 22.1. The molecule has 1 saturated heterocycles. The van der Waals surface area contributed by atoms with E-state index >= 15 is 0 Å². The Morgan fingerprint density at radius 2 is 1.75 bits per heavy atom. The van der Waals surface area contributed by atoms with Gasteiger partial charge < -0.3 is 10.3 Å². The molecule has 8 heavy (non-hydrogen) atoms. The molecule has 1 heterocycles. The SMILES string of the molecule is Cl.[O-][NH+]1CCSCC1. The number of rotatable bonds is 0. The lowest BCUT2D eigenvalue weighted by Crippen LogP contribution is -3.08. The van der Waals surface area contributed by atoms with E-state index in [4.69, 9.17) is 0 Å². The maximum Gasteiger partial charge on any atom is 0.0860 e. The summed E-state index contributed by atoms with van der Waals surface area (Å²) in [5, 5.41) is 10.9. The first-order chi connectivity index (χ1) is 3.39. The first-order valence-corrected chi connectivity index (χ1v) is 3.64. The van der Waals surface area contributed by atoms with Crippen molar-refractivity contribution >= 4 is 24.2 Å². The number of nitrogens with one attached hydrogen (secondary N) is 1. The van der Waals surface area contributed by atoms with Crippen LogP contribution in [0.25, 0.3) is 0 Å². The summed E-state index contributed by atoms with van der Waals surface area (Å²) >= 11 is 1.88. The molecule has 0 atom stereocenters. The first-order valence-electron chi connectivity index (χ1n) is 2.49. The van der Waals surface area contributed by atoms with Gasteiger partial charge in [-0.2, -0.15) is 11.8 Å². The Bertz CT molecular complexity index is 58.0. The smallest absolute Gasteiger partial charge is 0.0860 e. The minimum atomic E-state index is 0. The van der Waals surface area contributed by atoms with Crippen molar-refractivity contribution in [2.24, 2.45) is 0 Å². The van der Waals surface area contributed by atoms with E-state index in [1.165, 1.54) is 0 Å². The van der Waals surface area contributed by atoms with Gasteiger partial charge in [0, 0.05) is 11.5 Å². The van der Waals surface area contributed by atoms with Crippen LogP contribution in [-0.4, -0.2) is 24.6 Å². The topological polar surface area (TPSA) is 27.5 Å². The molecule has 1 fully saturated rings. The summed E-state index contributed by atoms with van der Waals surface area (Å²) in [6.07, 6.45) is 0. The number of hydroxylamine groups is 2. The van der Waals surface area contributed by atoms with Crippen molar-refractivity contribution in [2.75, 3.05) is 24.6 Å². The van der Waals surface area contributed by atoms with Gasteiger partial charge in [-0.25, -0.2) is 0 Å². The Kier molecular flexibility index (Phi) is 4.75. The molecule has 0 aliphatic carbocycles. The van der Waals surface area contributed by atoms with Gasteiger partial charge in [0.25, 0.3) is 0 Å². The van der Waals surface area contributed by atoms with E-state index in [-0.39, 0.29) is 12.4 Å². The van der Waals surface area contributed by atoms with Gasteiger partial charge in [0.1, 0.15) is 0 Å². The van der Waals surface area contributed by atoms with Crippen molar-refractivity contribution in [3.05, 3.63) is 5.21 Å². The van der Waals surface area contributed by atoms with Crippen molar-refractivity contribution in [1.82, 2.24) is 0 Å². The Balaban J connectivity index is 0.000000490. The fourth-order valence-electron chi connectivity index (χ4n) is 0.599. The number of halogens is 1. The molecule has 0 bridgehead atoms. The lowest BCUT2D eigenvalue weighted by Gasteiger charge is -2.25. The van der Waals surface area contributed by atoms with E-state index in [9.17, 15) is 5.21 Å². The van der Waals surface area contributed by atoms with Crippen LogP contribution in [0.5, 0.6) is 0 Å². The highest BCUT2D eigenvalue weighted by Crippen LogP contribution is 1.96. The fourth-order valence-corrected chi connectivity index (χ4v) is 1.55. The summed E-state index contributed by atoms with van der Waals surface area (Å²) in [5.74, 6) is 2.11. The fraction of sp³-hybridized carbons (Fsp3) is 1.00. The molecule has 1 aliphatic rings. The molecule has 0 aromatic rings. The van der Waals surface area contributed by atoms with Crippen molar-refractivity contribution in [3.63, 3.8) is 0 Å². The van der Waals surface area contributed by atoms with Gasteiger partial charge in [-0.05, 0) is 0 Å². The van der Waals surface area contributed by atoms with Gasteiger partial charge >= 0.3 is 0 Å². The lowest BCUT2D eigenvalue weighted by molar-refractivity contribution is -0.843. The molecule has 0 amide bonds. The molecule has 1 N–H and O–H groups in total. The van der Waals surface area contributed by atoms with Gasteiger partial charge in [-0.3, -0.25) is 0 Å². The van der Waals surface area contributed by atoms with Crippen LogP contribution in [0.1, 0.15) is 0 Å². The largest absolute Gasteiger partial charge is 0.634 e. The van der Waals surface area contributed by atoms with Crippen LogP contribution in [0.3, 0.4) is 0 Å². The van der Waals surface area contributed by atoms with Gasteiger partial charge in [-0.15, -0.1) is 12.4 Å². The number of thioether (sulfide) groups is 1. The summed E-state index contributed by atoms with van der Waals surface area (Å²) < 4.78 is 0. The summed E-state index contributed by atoms with van der Waals surface area (Å²) in [6.45, 7) is 1.62. The van der Waals surface area contributed by atoms with Gasteiger partial charge in [-0.1, -0.05) is 0 Å². The average molecular weight is 156 g/mol. The Morgan fingerprint density at radius 1 is 1.25 bits per heavy atom. The molecule has 2 nitrogen and oxygen atoms in total. The van der Waals surface area contributed by atoms with Gasteiger partial charge in [0.15, 0.2) is 0 Å². The predicted molar refractivity (Wildman–Crippen MR) is 38.6 cm³/mol. The Labute approximate surface area is 59.6 Å². The van der Waals surface area contributed by atoms with E-state index < -0.39 is 0 Å². The highest BCUT2D eigenvalue weighted by molar-refractivity contribution is 7.99. The third kappa shape index (κ3) is 2.77. The second kappa shape index (κ2) is 4.44. The molecule has 0 aromatic heterocycles. The van der Waals surface area contributed by atoms with Gasteiger partial charge in [0.05, 0.1) is 13.1 Å². The molecule has 0 aromatic carbocycles. The van der Waals surface area contributed by atoms with Crippen LogP contribution in [0.4, 0.5) is 0 Å². The molecule has 50 valence electrons.